The van der Waals surface area contributed by atoms with E-state index < -0.39 is 6.10 Å². The lowest BCUT2D eigenvalue weighted by molar-refractivity contribution is 0.223. The van der Waals surface area contributed by atoms with E-state index in [2.05, 4.69) is 32.7 Å². The molecule has 3 nitrogen and oxygen atoms in total. The third kappa shape index (κ3) is 1.27. The molecule has 1 heterocycles. The van der Waals surface area contributed by atoms with Crippen LogP contribution >= 0.6 is 15.9 Å². The number of H-pyrrole nitrogens is 1. The van der Waals surface area contributed by atoms with Gasteiger partial charge in [-0.15, -0.1) is 6.58 Å². The predicted octanol–water partition coefficient (Wildman–Crippen LogP) is 1.39. The van der Waals surface area contributed by atoms with Gasteiger partial charge < -0.3 is 5.11 Å². The number of aliphatic hydroxyl groups excluding tert-OH is 1. The molecule has 0 aliphatic rings. The number of aliphatic hydroxyl groups is 1. The van der Waals surface area contributed by atoms with Crippen LogP contribution in [0.2, 0.25) is 0 Å². The SMILES string of the molecule is C=CC(O)c1[nH]ncc1Br. The third-order valence-corrected chi connectivity index (χ3v) is 1.77. The van der Waals surface area contributed by atoms with Crippen molar-refractivity contribution in [3.05, 3.63) is 29.0 Å². The summed E-state index contributed by atoms with van der Waals surface area (Å²) in [6.07, 6.45) is 2.34. The number of halogens is 1. The number of rotatable bonds is 2. The summed E-state index contributed by atoms with van der Waals surface area (Å²) in [6, 6.07) is 0. The molecular formula is C6H7BrN2O. The van der Waals surface area contributed by atoms with Crippen molar-refractivity contribution in [1.82, 2.24) is 10.2 Å². The largest absolute Gasteiger partial charge is 0.383 e. The first-order chi connectivity index (χ1) is 4.75. The van der Waals surface area contributed by atoms with Crippen LogP contribution in [0.3, 0.4) is 0 Å². The Morgan fingerprint density at radius 3 is 3.00 bits per heavy atom. The Hall–Kier alpha value is -0.610. The number of nitrogens with one attached hydrogen (secondary N) is 1. The van der Waals surface area contributed by atoms with Crippen LogP contribution in [0.25, 0.3) is 0 Å². The second-order valence-corrected chi connectivity index (χ2v) is 2.67. The lowest BCUT2D eigenvalue weighted by Crippen LogP contribution is -1.93. The van der Waals surface area contributed by atoms with Gasteiger partial charge in [-0.25, -0.2) is 0 Å². The van der Waals surface area contributed by atoms with Crippen LogP contribution in [0.1, 0.15) is 11.8 Å². The summed E-state index contributed by atoms with van der Waals surface area (Å²) in [5, 5.41) is 15.5. The fraction of sp³-hybridized carbons (Fsp3) is 0.167. The first-order valence-electron chi connectivity index (χ1n) is 2.75. The molecule has 0 aliphatic heterocycles. The van der Waals surface area contributed by atoms with Gasteiger partial charge in [0, 0.05) is 0 Å². The highest BCUT2D eigenvalue weighted by Crippen LogP contribution is 2.20. The average molecular weight is 203 g/mol. The lowest BCUT2D eigenvalue weighted by Gasteiger charge is -2.00. The van der Waals surface area contributed by atoms with Gasteiger partial charge in [-0.2, -0.15) is 5.10 Å². The summed E-state index contributed by atoms with van der Waals surface area (Å²) >= 11 is 3.21. The van der Waals surface area contributed by atoms with Crippen LogP contribution in [0.4, 0.5) is 0 Å². The zero-order chi connectivity index (χ0) is 7.56. The zero-order valence-electron chi connectivity index (χ0n) is 5.21. The molecule has 54 valence electrons. The second-order valence-electron chi connectivity index (χ2n) is 1.81. The molecule has 1 atom stereocenters. The van der Waals surface area contributed by atoms with Crippen LogP contribution in [0.15, 0.2) is 23.3 Å². The maximum absolute atomic E-state index is 9.18. The Labute approximate surface area is 66.9 Å². The molecule has 0 saturated carbocycles. The molecule has 2 N–H and O–H groups in total. The first-order valence-corrected chi connectivity index (χ1v) is 3.54. The van der Waals surface area contributed by atoms with Crippen LogP contribution in [0, 0.1) is 0 Å². The molecule has 1 aromatic heterocycles. The smallest absolute Gasteiger partial charge is 0.114 e. The minimum atomic E-state index is -0.670. The summed E-state index contributed by atoms with van der Waals surface area (Å²) in [7, 11) is 0. The monoisotopic (exact) mass is 202 g/mol. The van der Waals surface area contributed by atoms with Gasteiger partial charge in [0.2, 0.25) is 0 Å². The lowest BCUT2D eigenvalue weighted by atomic mass is 10.2. The summed E-state index contributed by atoms with van der Waals surface area (Å²) in [4.78, 5) is 0. The van der Waals surface area contributed by atoms with Gasteiger partial charge in [-0.3, -0.25) is 5.10 Å². The van der Waals surface area contributed by atoms with Crippen molar-refractivity contribution >= 4 is 15.9 Å². The van der Waals surface area contributed by atoms with Gasteiger partial charge in [-0.05, 0) is 15.9 Å². The standard InChI is InChI=1S/C6H7BrN2O/c1-2-5(10)6-4(7)3-8-9-6/h2-3,5,10H,1H2,(H,8,9). The molecule has 0 spiro atoms. The van der Waals surface area contributed by atoms with Crippen molar-refractivity contribution in [3.63, 3.8) is 0 Å². The Bertz CT molecular complexity index is 233. The summed E-state index contributed by atoms with van der Waals surface area (Å²) in [6.45, 7) is 3.44. The van der Waals surface area contributed by atoms with Gasteiger partial charge in [0.1, 0.15) is 6.10 Å². The van der Waals surface area contributed by atoms with Gasteiger partial charge >= 0.3 is 0 Å². The molecule has 0 aromatic carbocycles. The Kier molecular flexibility index (Phi) is 2.24. The maximum Gasteiger partial charge on any atom is 0.114 e. The summed E-state index contributed by atoms with van der Waals surface area (Å²) in [5.41, 5.74) is 0.634. The molecule has 1 rings (SSSR count). The normalized spacial score (nSPS) is 13.0. The molecule has 0 aliphatic carbocycles. The molecular weight excluding hydrogens is 196 g/mol. The van der Waals surface area contributed by atoms with Gasteiger partial charge in [0.05, 0.1) is 16.4 Å². The minimum absolute atomic E-state index is 0.634. The second kappa shape index (κ2) is 2.98. The van der Waals surface area contributed by atoms with Gasteiger partial charge in [0.25, 0.3) is 0 Å². The topological polar surface area (TPSA) is 48.9 Å². The van der Waals surface area contributed by atoms with E-state index in [9.17, 15) is 5.11 Å². The molecule has 1 aromatic rings. The van der Waals surface area contributed by atoms with E-state index in [1.807, 2.05) is 0 Å². The van der Waals surface area contributed by atoms with Crippen molar-refractivity contribution in [1.29, 1.82) is 0 Å². The van der Waals surface area contributed by atoms with Crippen molar-refractivity contribution < 1.29 is 5.11 Å². The van der Waals surface area contributed by atoms with E-state index in [0.717, 1.165) is 4.47 Å². The fourth-order valence-electron chi connectivity index (χ4n) is 0.607. The van der Waals surface area contributed by atoms with E-state index in [-0.39, 0.29) is 0 Å². The van der Waals surface area contributed by atoms with Gasteiger partial charge in [0.15, 0.2) is 0 Å². The molecule has 0 fully saturated rings. The number of hydrogen-bond acceptors (Lipinski definition) is 2. The highest BCUT2D eigenvalue weighted by Gasteiger charge is 2.07. The maximum atomic E-state index is 9.18. The van der Waals surface area contributed by atoms with E-state index in [1.54, 1.807) is 6.20 Å². The minimum Gasteiger partial charge on any atom is -0.383 e. The van der Waals surface area contributed by atoms with E-state index in [1.165, 1.54) is 6.08 Å². The van der Waals surface area contributed by atoms with Crippen molar-refractivity contribution in [2.75, 3.05) is 0 Å². The van der Waals surface area contributed by atoms with E-state index in [4.69, 9.17) is 0 Å². The fourth-order valence-corrected chi connectivity index (χ4v) is 1.03. The van der Waals surface area contributed by atoms with Crippen molar-refractivity contribution in [2.24, 2.45) is 0 Å². The number of hydrogen-bond donors (Lipinski definition) is 2. The molecule has 0 amide bonds. The van der Waals surface area contributed by atoms with Gasteiger partial charge in [-0.1, -0.05) is 6.08 Å². The predicted molar refractivity (Wildman–Crippen MR) is 41.4 cm³/mol. The first kappa shape index (κ1) is 7.50. The molecule has 4 heteroatoms. The Balaban J connectivity index is 2.92. The van der Waals surface area contributed by atoms with Crippen molar-refractivity contribution in [3.8, 4) is 0 Å². The van der Waals surface area contributed by atoms with Crippen LogP contribution in [-0.2, 0) is 0 Å². The highest BCUT2D eigenvalue weighted by atomic mass is 79.9. The number of aromatic amines is 1. The molecule has 10 heavy (non-hydrogen) atoms. The third-order valence-electron chi connectivity index (χ3n) is 1.14. The Morgan fingerprint density at radius 2 is 2.60 bits per heavy atom. The molecule has 0 saturated heterocycles. The number of nitrogens with zero attached hydrogens (tertiary/aromatic N) is 1. The average Bonchev–Trinajstić information content (AvgIpc) is 2.34. The highest BCUT2D eigenvalue weighted by molar-refractivity contribution is 9.10. The summed E-state index contributed by atoms with van der Waals surface area (Å²) < 4.78 is 0.764. The van der Waals surface area contributed by atoms with Crippen molar-refractivity contribution in [2.45, 2.75) is 6.10 Å². The van der Waals surface area contributed by atoms with Crippen LogP contribution in [-0.4, -0.2) is 15.3 Å². The molecule has 1 unspecified atom stereocenters. The summed E-state index contributed by atoms with van der Waals surface area (Å²) in [5.74, 6) is 0. The number of aromatic nitrogens is 2. The van der Waals surface area contributed by atoms with Crippen LogP contribution in [0.5, 0.6) is 0 Å². The van der Waals surface area contributed by atoms with Crippen LogP contribution < -0.4 is 0 Å². The molecule has 0 radical (unpaired) electrons. The zero-order valence-corrected chi connectivity index (χ0v) is 6.80. The molecule has 0 bridgehead atoms. The Morgan fingerprint density at radius 1 is 1.90 bits per heavy atom. The van der Waals surface area contributed by atoms with E-state index >= 15 is 0 Å². The van der Waals surface area contributed by atoms with E-state index in [0.29, 0.717) is 5.69 Å². The quantitative estimate of drug-likeness (QED) is 0.713.